The number of nitrogens with zero attached hydrogens (tertiary/aromatic N) is 1. The maximum Gasteiger partial charge on any atom is 0.253 e. The minimum atomic E-state index is -0.107. The van der Waals surface area contributed by atoms with Crippen molar-refractivity contribution in [1.82, 2.24) is 5.32 Å². The summed E-state index contributed by atoms with van der Waals surface area (Å²) in [6, 6.07) is 16.1. The van der Waals surface area contributed by atoms with Gasteiger partial charge in [-0.3, -0.25) is 4.79 Å². The molecule has 0 aromatic heterocycles. The van der Waals surface area contributed by atoms with Crippen LogP contribution in [0.1, 0.15) is 34.8 Å². The number of carbonyl (C=O) groups excluding carboxylic acids is 1. The first-order valence-corrected chi connectivity index (χ1v) is 9.58. The fourth-order valence-corrected chi connectivity index (χ4v) is 3.84. The van der Waals surface area contributed by atoms with Gasteiger partial charge in [0, 0.05) is 38.2 Å². The maximum atomic E-state index is 12.5. The molecule has 0 bridgehead atoms. The Morgan fingerprint density at radius 1 is 1.12 bits per heavy atom. The average Bonchev–Trinajstić information content (AvgIpc) is 3.17. The second kappa shape index (κ2) is 8.56. The highest BCUT2D eigenvalue weighted by atomic mass is 35.5. The van der Waals surface area contributed by atoms with E-state index in [1.54, 1.807) is 17.0 Å². The summed E-state index contributed by atoms with van der Waals surface area (Å²) in [6.07, 6.45) is 2.50. The molecule has 4 nitrogen and oxygen atoms in total. The molecule has 0 unspecified atom stereocenters. The Morgan fingerprint density at radius 3 is 2.38 bits per heavy atom. The molecule has 1 heterocycles. The quantitative estimate of drug-likeness (QED) is 0.817. The lowest BCUT2D eigenvalue weighted by molar-refractivity contribution is -0.918. The molecule has 3 rings (SSSR count). The van der Waals surface area contributed by atoms with Crippen LogP contribution in [-0.2, 0) is 0 Å². The van der Waals surface area contributed by atoms with Crippen molar-refractivity contribution < 1.29 is 9.69 Å². The standard InChI is InChI=1S/C21H26ClN3O/c1-24(2)17-11-9-16(10-12-17)20(25-13-5-6-14-25)15-23-21(26)18-7-3-4-8-19(18)22/h3-4,7-12,20H,5-6,13-15H2,1-2H3,(H,23,26)/p+1/t20-/m0/s1. The highest BCUT2D eigenvalue weighted by Crippen LogP contribution is 2.18. The summed E-state index contributed by atoms with van der Waals surface area (Å²) < 4.78 is 0. The number of amides is 1. The zero-order valence-corrected chi connectivity index (χ0v) is 16.2. The first kappa shape index (κ1) is 18.7. The molecule has 1 saturated heterocycles. The van der Waals surface area contributed by atoms with E-state index >= 15 is 0 Å². The summed E-state index contributed by atoms with van der Waals surface area (Å²) in [6.45, 7) is 2.92. The normalized spacial score (nSPS) is 15.7. The van der Waals surface area contributed by atoms with Gasteiger partial charge in [-0.25, -0.2) is 0 Å². The monoisotopic (exact) mass is 372 g/mol. The molecule has 138 valence electrons. The summed E-state index contributed by atoms with van der Waals surface area (Å²) >= 11 is 6.15. The van der Waals surface area contributed by atoms with Crippen LogP contribution in [0.15, 0.2) is 48.5 Å². The summed E-state index contributed by atoms with van der Waals surface area (Å²) in [5, 5.41) is 3.59. The third-order valence-electron chi connectivity index (χ3n) is 5.14. The zero-order chi connectivity index (χ0) is 18.5. The Kier molecular flexibility index (Phi) is 6.17. The predicted molar refractivity (Wildman–Crippen MR) is 107 cm³/mol. The van der Waals surface area contributed by atoms with E-state index in [0.717, 1.165) is 13.1 Å². The number of halogens is 1. The first-order valence-electron chi connectivity index (χ1n) is 9.21. The van der Waals surface area contributed by atoms with Crippen LogP contribution in [-0.4, -0.2) is 39.6 Å². The molecule has 0 spiro atoms. The van der Waals surface area contributed by atoms with Crippen LogP contribution in [0.4, 0.5) is 5.69 Å². The lowest BCUT2D eigenvalue weighted by atomic mass is 10.0. The third-order valence-corrected chi connectivity index (χ3v) is 5.47. The number of hydrogen-bond donors (Lipinski definition) is 2. The maximum absolute atomic E-state index is 12.5. The second-order valence-electron chi connectivity index (χ2n) is 7.09. The summed E-state index contributed by atoms with van der Waals surface area (Å²) in [5.41, 5.74) is 2.99. The van der Waals surface area contributed by atoms with E-state index in [1.807, 2.05) is 26.2 Å². The number of hydrogen-bond acceptors (Lipinski definition) is 2. The van der Waals surface area contributed by atoms with E-state index < -0.39 is 0 Å². The van der Waals surface area contributed by atoms with Gasteiger partial charge in [0.05, 0.1) is 30.2 Å². The van der Waals surface area contributed by atoms with Crippen LogP contribution in [0.3, 0.4) is 0 Å². The lowest BCUT2D eigenvalue weighted by Crippen LogP contribution is -3.11. The van der Waals surface area contributed by atoms with Crippen LogP contribution in [0, 0.1) is 0 Å². The molecule has 1 aliphatic heterocycles. The molecule has 0 radical (unpaired) electrons. The topological polar surface area (TPSA) is 36.8 Å². The van der Waals surface area contributed by atoms with Gasteiger partial charge in [0.15, 0.2) is 0 Å². The van der Waals surface area contributed by atoms with Crippen LogP contribution >= 0.6 is 11.6 Å². The van der Waals surface area contributed by atoms with Crippen LogP contribution < -0.4 is 15.1 Å². The SMILES string of the molecule is CN(C)c1ccc([C@H](CNC(=O)c2ccccc2Cl)[NH+]2CCCC2)cc1. The molecule has 2 N–H and O–H groups in total. The van der Waals surface area contributed by atoms with Crippen molar-refractivity contribution in [3.05, 3.63) is 64.7 Å². The van der Waals surface area contributed by atoms with Gasteiger partial charge in [-0.05, 0) is 24.3 Å². The number of rotatable bonds is 6. The largest absolute Gasteiger partial charge is 0.378 e. The Hall–Kier alpha value is -2.04. The molecule has 1 aliphatic rings. The molecule has 2 aromatic rings. The Morgan fingerprint density at radius 2 is 1.77 bits per heavy atom. The van der Waals surface area contributed by atoms with Gasteiger partial charge >= 0.3 is 0 Å². The molecule has 1 amide bonds. The van der Waals surface area contributed by atoms with Crippen molar-refractivity contribution in [2.75, 3.05) is 38.6 Å². The van der Waals surface area contributed by atoms with Gasteiger partial charge in [-0.2, -0.15) is 0 Å². The molecular formula is C21H27ClN3O+. The number of quaternary nitrogens is 1. The smallest absolute Gasteiger partial charge is 0.253 e. The number of likely N-dealkylation sites (tertiary alicyclic amines) is 1. The number of anilines is 1. The minimum absolute atomic E-state index is 0.107. The fourth-order valence-electron chi connectivity index (χ4n) is 3.62. The molecule has 1 atom stereocenters. The van der Waals surface area contributed by atoms with Gasteiger partial charge in [-0.1, -0.05) is 35.9 Å². The zero-order valence-electron chi connectivity index (χ0n) is 15.5. The molecule has 1 fully saturated rings. The van der Waals surface area contributed by atoms with E-state index in [4.69, 9.17) is 11.6 Å². The van der Waals surface area contributed by atoms with Gasteiger partial charge < -0.3 is 15.1 Å². The highest BCUT2D eigenvalue weighted by molar-refractivity contribution is 6.33. The highest BCUT2D eigenvalue weighted by Gasteiger charge is 2.28. The summed E-state index contributed by atoms with van der Waals surface area (Å²) in [5.74, 6) is -0.107. The molecular weight excluding hydrogens is 346 g/mol. The van der Waals surface area contributed by atoms with Crippen LogP contribution in [0.25, 0.3) is 0 Å². The van der Waals surface area contributed by atoms with Gasteiger partial charge in [-0.15, -0.1) is 0 Å². The number of carbonyl (C=O) groups is 1. The van der Waals surface area contributed by atoms with Gasteiger partial charge in [0.1, 0.15) is 6.04 Å². The summed E-state index contributed by atoms with van der Waals surface area (Å²) in [7, 11) is 4.09. The fraction of sp³-hybridized carbons (Fsp3) is 0.381. The van der Waals surface area contributed by atoms with E-state index in [9.17, 15) is 4.79 Å². The second-order valence-corrected chi connectivity index (χ2v) is 7.50. The number of benzene rings is 2. The molecule has 26 heavy (non-hydrogen) atoms. The van der Waals surface area contributed by atoms with Crippen molar-refractivity contribution in [2.24, 2.45) is 0 Å². The van der Waals surface area contributed by atoms with Crippen LogP contribution in [0.5, 0.6) is 0 Å². The molecule has 2 aromatic carbocycles. The van der Waals surface area contributed by atoms with E-state index in [-0.39, 0.29) is 11.9 Å². The van der Waals surface area contributed by atoms with Gasteiger partial charge in [0.2, 0.25) is 0 Å². The molecule has 0 aliphatic carbocycles. The predicted octanol–water partition coefficient (Wildman–Crippen LogP) is 2.56. The van der Waals surface area contributed by atoms with Crippen molar-refractivity contribution >= 4 is 23.2 Å². The molecule has 0 saturated carbocycles. The minimum Gasteiger partial charge on any atom is -0.378 e. The Balaban J connectivity index is 1.74. The Labute approximate surface area is 160 Å². The van der Waals surface area contributed by atoms with E-state index in [1.165, 1.54) is 24.1 Å². The van der Waals surface area contributed by atoms with Crippen molar-refractivity contribution in [1.29, 1.82) is 0 Å². The lowest BCUT2D eigenvalue weighted by Gasteiger charge is -2.26. The van der Waals surface area contributed by atoms with Crippen molar-refractivity contribution in [2.45, 2.75) is 18.9 Å². The number of nitrogens with one attached hydrogen (secondary N) is 2. The van der Waals surface area contributed by atoms with Crippen molar-refractivity contribution in [3.63, 3.8) is 0 Å². The summed E-state index contributed by atoms with van der Waals surface area (Å²) in [4.78, 5) is 16.2. The van der Waals surface area contributed by atoms with Crippen molar-refractivity contribution in [3.8, 4) is 0 Å². The average molecular weight is 373 g/mol. The first-order chi connectivity index (χ1) is 12.6. The molecule has 5 heteroatoms. The van der Waals surface area contributed by atoms with Crippen LogP contribution in [0.2, 0.25) is 5.02 Å². The van der Waals surface area contributed by atoms with E-state index in [0.29, 0.717) is 17.1 Å². The van der Waals surface area contributed by atoms with Gasteiger partial charge in [0.25, 0.3) is 5.91 Å². The third kappa shape index (κ3) is 4.37. The Bertz CT molecular complexity index is 739. The van der Waals surface area contributed by atoms with E-state index in [2.05, 4.69) is 34.5 Å².